The minimum Gasteiger partial charge on any atom is -0.380 e. The molecule has 2 atom stereocenters. The Morgan fingerprint density at radius 1 is 1.14 bits per heavy atom. The molecule has 21 heavy (non-hydrogen) atoms. The Labute approximate surface area is 130 Å². The number of hydrogen-bond acceptors (Lipinski definition) is 3. The zero-order valence-corrected chi connectivity index (χ0v) is 14.3. The van der Waals surface area contributed by atoms with Crippen LogP contribution in [0.4, 0.5) is 0 Å². The van der Waals surface area contributed by atoms with E-state index in [1.54, 1.807) is 0 Å². The van der Waals surface area contributed by atoms with Gasteiger partial charge in [-0.3, -0.25) is 4.90 Å². The molecule has 0 radical (unpaired) electrons. The Hall–Kier alpha value is -0.900. The predicted octanol–water partition coefficient (Wildman–Crippen LogP) is 3.33. The fraction of sp³-hybridized carbons (Fsp3) is 0.667. The second kappa shape index (κ2) is 9.93. The Bertz CT molecular complexity index is 367. The van der Waals surface area contributed by atoms with Crippen LogP contribution >= 0.6 is 0 Å². The maximum absolute atomic E-state index is 5.55. The van der Waals surface area contributed by atoms with E-state index in [9.17, 15) is 0 Å². The molecule has 0 aliphatic heterocycles. The van der Waals surface area contributed by atoms with Gasteiger partial charge in [-0.25, -0.2) is 0 Å². The van der Waals surface area contributed by atoms with Gasteiger partial charge in [0.15, 0.2) is 0 Å². The molecule has 0 saturated carbocycles. The van der Waals surface area contributed by atoms with E-state index >= 15 is 0 Å². The highest BCUT2D eigenvalue weighted by Crippen LogP contribution is 2.26. The van der Waals surface area contributed by atoms with Crippen LogP contribution in [0.25, 0.3) is 0 Å². The summed E-state index contributed by atoms with van der Waals surface area (Å²) in [5, 5.41) is 3.52. The normalized spacial score (nSPS) is 14.6. The molecule has 1 N–H and O–H groups in total. The molecule has 1 aromatic carbocycles. The average Bonchev–Trinajstić information content (AvgIpc) is 2.50. The van der Waals surface area contributed by atoms with Gasteiger partial charge < -0.3 is 10.1 Å². The van der Waals surface area contributed by atoms with Crippen LogP contribution in [-0.2, 0) is 4.74 Å². The summed E-state index contributed by atoms with van der Waals surface area (Å²) >= 11 is 0. The fourth-order valence-electron chi connectivity index (χ4n) is 3.06. The first kappa shape index (κ1) is 18.1. The molecule has 0 aromatic heterocycles. The van der Waals surface area contributed by atoms with Gasteiger partial charge in [0.05, 0.1) is 6.61 Å². The van der Waals surface area contributed by atoms with Crippen molar-refractivity contribution in [1.82, 2.24) is 10.2 Å². The van der Waals surface area contributed by atoms with Crippen LogP contribution in [0.3, 0.4) is 0 Å². The van der Waals surface area contributed by atoms with E-state index in [4.69, 9.17) is 4.74 Å². The van der Waals surface area contributed by atoms with Gasteiger partial charge in [-0.2, -0.15) is 0 Å². The Morgan fingerprint density at radius 3 is 2.29 bits per heavy atom. The van der Waals surface area contributed by atoms with Crippen molar-refractivity contribution in [2.24, 2.45) is 5.92 Å². The van der Waals surface area contributed by atoms with Crippen LogP contribution in [-0.4, -0.2) is 44.3 Å². The van der Waals surface area contributed by atoms with Crippen LogP contribution < -0.4 is 5.32 Å². The van der Waals surface area contributed by atoms with Crippen molar-refractivity contribution in [1.29, 1.82) is 0 Å². The molecule has 0 bridgehead atoms. The molecule has 2 unspecified atom stereocenters. The number of nitrogens with one attached hydrogen (secondary N) is 1. The summed E-state index contributed by atoms with van der Waals surface area (Å²) in [5.74, 6) is 0.573. The van der Waals surface area contributed by atoms with Gasteiger partial charge in [0.25, 0.3) is 0 Å². The minimum absolute atomic E-state index is 0.341. The monoisotopic (exact) mass is 292 g/mol. The zero-order valence-electron chi connectivity index (χ0n) is 14.3. The summed E-state index contributed by atoms with van der Waals surface area (Å²) in [6.45, 7) is 12.5. The lowest BCUT2D eigenvalue weighted by Crippen LogP contribution is -2.48. The van der Waals surface area contributed by atoms with Crippen molar-refractivity contribution >= 4 is 0 Å². The van der Waals surface area contributed by atoms with Gasteiger partial charge in [0.2, 0.25) is 0 Å². The summed E-state index contributed by atoms with van der Waals surface area (Å²) < 4.78 is 5.55. The summed E-state index contributed by atoms with van der Waals surface area (Å²) in [6.07, 6.45) is 0. The van der Waals surface area contributed by atoms with Crippen LogP contribution in [0.15, 0.2) is 30.3 Å². The Kier molecular flexibility index (Phi) is 8.58. The molecular formula is C18H32N2O. The smallest absolute Gasteiger partial charge is 0.0593 e. The minimum atomic E-state index is 0.341. The van der Waals surface area contributed by atoms with Gasteiger partial charge in [-0.05, 0) is 32.0 Å². The van der Waals surface area contributed by atoms with Crippen molar-refractivity contribution in [3.63, 3.8) is 0 Å². The quantitative estimate of drug-likeness (QED) is 0.669. The first-order chi connectivity index (χ1) is 10.2. The molecule has 1 rings (SSSR count). The Balaban J connectivity index is 2.90. The Morgan fingerprint density at radius 2 is 1.81 bits per heavy atom. The van der Waals surface area contributed by atoms with Crippen molar-refractivity contribution in [2.75, 3.05) is 33.4 Å². The lowest BCUT2D eigenvalue weighted by Gasteiger charge is -2.39. The largest absolute Gasteiger partial charge is 0.380 e. The van der Waals surface area contributed by atoms with E-state index < -0.39 is 0 Å². The second-order valence-corrected chi connectivity index (χ2v) is 5.74. The molecule has 0 aliphatic carbocycles. The molecular weight excluding hydrogens is 260 g/mol. The molecule has 1 aromatic rings. The molecule has 0 amide bonds. The number of ether oxygens (including phenoxy) is 1. The molecule has 120 valence electrons. The fourth-order valence-corrected chi connectivity index (χ4v) is 3.06. The van der Waals surface area contributed by atoms with Crippen LogP contribution in [0.2, 0.25) is 0 Å². The van der Waals surface area contributed by atoms with Crippen molar-refractivity contribution in [2.45, 2.75) is 39.8 Å². The van der Waals surface area contributed by atoms with E-state index in [0.29, 0.717) is 18.0 Å². The van der Waals surface area contributed by atoms with Gasteiger partial charge in [0.1, 0.15) is 0 Å². The lowest BCUT2D eigenvalue weighted by atomic mass is 9.89. The number of hydrogen-bond donors (Lipinski definition) is 1. The lowest BCUT2D eigenvalue weighted by molar-refractivity contribution is 0.0693. The van der Waals surface area contributed by atoms with Crippen LogP contribution in [0.5, 0.6) is 0 Å². The molecule has 0 fully saturated rings. The van der Waals surface area contributed by atoms with E-state index in [0.717, 1.165) is 26.3 Å². The van der Waals surface area contributed by atoms with Gasteiger partial charge in [0, 0.05) is 25.2 Å². The van der Waals surface area contributed by atoms with E-state index in [2.05, 4.69) is 75.3 Å². The highest BCUT2D eigenvalue weighted by molar-refractivity contribution is 5.21. The van der Waals surface area contributed by atoms with Crippen molar-refractivity contribution in [3.8, 4) is 0 Å². The maximum Gasteiger partial charge on any atom is 0.0593 e. The summed E-state index contributed by atoms with van der Waals surface area (Å²) in [6, 6.07) is 11.5. The van der Waals surface area contributed by atoms with Gasteiger partial charge in [-0.15, -0.1) is 0 Å². The van der Waals surface area contributed by atoms with Gasteiger partial charge in [-0.1, -0.05) is 51.1 Å². The zero-order chi connectivity index (χ0) is 15.7. The third-order valence-corrected chi connectivity index (χ3v) is 4.05. The maximum atomic E-state index is 5.55. The number of nitrogens with zero attached hydrogens (tertiary/aromatic N) is 1. The number of rotatable bonds is 10. The van der Waals surface area contributed by atoms with Crippen LogP contribution in [0, 0.1) is 5.92 Å². The molecule has 3 nitrogen and oxygen atoms in total. The molecule has 3 heteroatoms. The summed E-state index contributed by atoms with van der Waals surface area (Å²) in [4.78, 5) is 2.54. The third-order valence-electron chi connectivity index (χ3n) is 4.05. The van der Waals surface area contributed by atoms with Crippen LogP contribution in [0.1, 0.15) is 39.3 Å². The van der Waals surface area contributed by atoms with E-state index in [-0.39, 0.29) is 0 Å². The highest BCUT2D eigenvalue weighted by Gasteiger charge is 2.29. The molecule has 0 spiro atoms. The average molecular weight is 292 g/mol. The summed E-state index contributed by atoms with van der Waals surface area (Å²) in [5.41, 5.74) is 1.36. The first-order valence-corrected chi connectivity index (χ1v) is 8.19. The molecule has 0 heterocycles. The number of benzene rings is 1. The summed E-state index contributed by atoms with van der Waals surface area (Å²) in [7, 11) is 2.06. The topological polar surface area (TPSA) is 24.5 Å². The highest BCUT2D eigenvalue weighted by atomic mass is 16.5. The standard InChI is InChI=1S/C18H32N2O/c1-6-20(13-14-21-7-2)18(15(3)4)17(19-5)16-11-9-8-10-12-16/h8-12,15,17-19H,6-7,13-14H2,1-5H3. The third kappa shape index (κ3) is 5.42. The molecule has 0 aliphatic rings. The van der Waals surface area contributed by atoms with Gasteiger partial charge >= 0.3 is 0 Å². The number of likely N-dealkylation sites (N-methyl/N-ethyl adjacent to an activating group) is 2. The predicted molar refractivity (Wildman–Crippen MR) is 90.6 cm³/mol. The van der Waals surface area contributed by atoms with Crippen molar-refractivity contribution < 1.29 is 4.74 Å². The van der Waals surface area contributed by atoms with Crippen molar-refractivity contribution in [3.05, 3.63) is 35.9 Å². The second-order valence-electron chi connectivity index (χ2n) is 5.74. The SMILES string of the molecule is CCOCCN(CC)C(C(C)C)C(NC)c1ccccc1. The molecule has 0 saturated heterocycles. The first-order valence-electron chi connectivity index (χ1n) is 8.19. The van der Waals surface area contributed by atoms with E-state index in [1.165, 1.54) is 5.56 Å². The van der Waals surface area contributed by atoms with E-state index in [1.807, 2.05) is 0 Å².